The van der Waals surface area contributed by atoms with Gasteiger partial charge in [0.1, 0.15) is 17.0 Å². The molecule has 6 aromatic rings. The average molecular weight is 531 g/mol. The molecule has 10 nitrogen and oxygen atoms in total. The summed E-state index contributed by atoms with van der Waals surface area (Å²) in [5, 5.41) is 23.5. The molecule has 1 aliphatic carbocycles. The molecular weight excluding hydrogens is 500 g/mol. The van der Waals surface area contributed by atoms with Gasteiger partial charge in [-0.25, -0.2) is 15.1 Å². The van der Waals surface area contributed by atoms with Crippen LogP contribution < -0.4 is 0 Å². The second kappa shape index (κ2) is 9.78. The quantitative estimate of drug-likeness (QED) is 0.288. The van der Waals surface area contributed by atoms with E-state index in [9.17, 15) is 0 Å². The lowest BCUT2D eigenvalue weighted by Crippen LogP contribution is -2.05. The van der Waals surface area contributed by atoms with Crippen molar-refractivity contribution in [2.24, 2.45) is 5.92 Å². The number of aromatic nitrogens is 10. The van der Waals surface area contributed by atoms with Crippen molar-refractivity contribution in [2.45, 2.75) is 53.1 Å². The summed E-state index contributed by atoms with van der Waals surface area (Å²) in [7, 11) is 0. The van der Waals surface area contributed by atoms with Gasteiger partial charge in [0, 0.05) is 29.8 Å². The highest BCUT2D eigenvalue weighted by Crippen LogP contribution is 2.35. The van der Waals surface area contributed by atoms with Gasteiger partial charge in [0.05, 0.1) is 12.7 Å². The number of aryl methyl sites for hydroxylation is 3. The van der Waals surface area contributed by atoms with Crippen molar-refractivity contribution < 1.29 is 0 Å². The van der Waals surface area contributed by atoms with Gasteiger partial charge in [0.25, 0.3) is 0 Å². The molecule has 2 aromatic carbocycles. The second-order valence-electron chi connectivity index (χ2n) is 10.7. The van der Waals surface area contributed by atoms with Crippen LogP contribution in [0.3, 0.4) is 0 Å². The lowest BCUT2D eigenvalue weighted by atomic mass is 9.95. The summed E-state index contributed by atoms with van der Waals surface area (Å²) in [4.78, 5) is 9.73. The number of fused-ring (bicyclic) bond motifs is 1. The van der Waals surface area contributed by atoms with Gasteiger partial charge in [-0.1, -0.05) is 42.5 Å². The maximum atomic E-state index is 4.90. The van der Waals surface area contributed by atoms with E-state index in [0.29, 0.717) is 12.4 Å². The minimum Gasteiger partial charge on any atom is -0.308 e. The van der Waals surface area contributed by atoms with Crippen LogP contribution in [0.2, 0.25) is 0 Å². The average Bonchev–Trinajstić information content (AvgIpc) is 3.32. The molecule has 0 bridgehead atoms. The van der Waals surface area contributed by atoms with Gasteiger partial charge < -0.3 is 4.57 Å². The van der Waals surface area contributed by atoms with E-state index >= 15 is 0 Å². The lowest BCUT2D eigenvalue weighted by molar-refractivity contribution is 0.544. The molecule has 1 saturated carbocycles. The van der Waals surface area contributed by atoms with Crippen LogP contribution in [0.1, 0.15) is 42.4 Å². The number of hydrogen-bond donors (Lipinski definition) is 1. The highest BCUT2D eigenvalue weighted by atomic mass is 15.5. The second-order valence-corrected chi connectivity index (χ2v) is 10.7. The molecule has 40 heavy (non-hydrogen) atoms. The highest BCUT2D eigenvalue weighted by Gasteiger charge is 2.22. The third-order valence-electron chi connectivity index (χ3n) is 7.62. The van der Waals surface area contributed by atoms with E-state index in [2.05, 4.69) is 91.8 Å². The molecular formula is C30H30N10. The van der Waals surface area contributed by atoms with Crippen LogP contribution in [0, 0.1) is 19.8 Å². The van der Waals surface area contributed by atoms with Gasteiger partial charge in [-0.3, -0.25) is 4.68 Å². The van der Waals surface area contributed by atoms with E-state index in [0.717, 1.165) is 75.1 Å². The number of pyridine rings is 1. The summed E-state index contributed by atoms with van der Waals surface area (Å²) in [6.07, 6.45) is 5.44. The zero-order valence-corrected chi connectivity index (χ0v) is 22.8. The largest absolute Gasteiger partial charge is 0.308 e. The zero-order chi connectivity index (χ0) is 27.2. The molecule has 7 rings (SSSR count). The van der Waals surface area contributed by atoms with Gasteiger partial charge >= 0.3 is 0 Å². The summed E-state index contributed by atoms with van der Waals surface area (Å²) in [5.41, 5.74) is 10.2. The Hall–Kier alpha value is -4.73. The van der Waals surface area contributed by atoms with Gasteiger partial charge in [-0.2, -0.15) is 0 Å². The normalized spacial score (nSPS) is 13.4. The Morgan fingerprint density at radius 3 is 2.50 bits per heavy atom. The molecule has 0 amide bonds. The molecule has 1 N–H and O–H groups in total. The van der Waals surface area contributed by atoms with Crippen LogP contribution in [-0.2, 0) is 19.5 Å². The van der Waals surface area contributed by atoms with Crippen LogP contribution in [-0.4, -0.2) is 50.2 Å². The summed E-state index contributed by atoms with van der Waals surface area (Å²) in [6.45, 7) is 7.92. The Morgan fingerprint density at radius 1 is 0.925 bits per heavy atom. The Labute approximate surface area is 231 Å². The Bertz CT molecular complexity index is 1810. The number of H-pyrrole nitrogens is 1. The van der Waals surface area contributed by atoms with E-state index in [1.54, 1.807) is 0 Å². The molecule has 1 aliphatic rings. The summed E-state index contributed by atoms with van der Waals surface area (Å²) >= 11 is 0. The van der Waals surface area contributed by atoms with Gasteiger partial charge in [0.2, 0.25) is 0 Å². The first-order valence-electron chi connectivity index (χ1n) is 13.8. The molecule has 0 saturated heterocycles. The molecule has 0 atom stereocenters. The molecule has 0 unspecified atom stereocenters. The molecule has 4 aromatic heterocycles. The van der Waals surface area contributed by atoms with E-state index < -0.39 is 0 Å². The molecule has 0 spiro atoms. The number of imidazole rings is 1. The van der Waals surface area contributed by atoms with Crippen LogP contribution >= 0.6 is 0 Å². The fourth-order valence-corrected chi connectivity index (χ4v) is 5.36. The van der Waals surface area contributed by atoms with Crippen LogP contribution in [0.15, 0.2) is 54.7 Å². The lowest BCUT2D eigenvalue weighted by Gasteiger charge is -2.12. The maximum absolute atomic E-state index is 4.90. The third-order valence-corrected chi connectivity index (χ3v) is 7.62. The Morgan fingerprint density at radius 2 is 1.75 bits per heavy atom. The summed E-state index contributed by atoms with van der Waals surface area (Å²) in [5.74, 6) is 2.41. The molecule has 0 aliphatic heterocycles. The predicted molar refractivity (Wildman–Crippen MR) is 152 cm³/mol. The first-order chi connectivity index (χ1) is 19.6. The molecule has 200 valence electrons. The van der Waals surface area contributed by atoms with Gasteiger partial charge in [0.15, 0.2) is 11.5 Å². The monoisotopic (exact) mass is 530 g/mol. The molecule has 0 radical (unpaired) electrons. The van der Waals surface area contributed by atoms with Crippen molar-refractivity contribution in [1.82, 2.24) is 50.2 Å². The van der Waals surface area contributed by atoms with Crippen LogP contribution in [0.5, 0.6) is 0 Å². The number of nitrogens with one attached hydrogen (secondary N) is 1. The maximum Gasteiger partial charge on any atom is 0.180 e. The van der Waals surface area contributed by atoms with Crippen molar-refractivity contribution in [1.29, 1.82) is 0 Å². The molecule has 10 heteroatoms. The minimum atomic E-state index is 0.623. The molecule has 4 heterocycles. The van der Waals surface area contributed by atoms with Crippen molar-refractivity contribution in [2.75, 3.05) is 0 Å². The van der Waals surface area contributed by atoms with E-state index in [1.807, 2.05) is 23.9 Å². The van der Waals surface area contributed by atoms with Crippen LogP contribution in [0.4, 0.5) is 0 Å². The van der Waals surface area contributed by atoms with Gasteiger partial charge in [-0.05, 0) is 83.5 Å². The number of tetrazole rings is 1. The van der Waals surface area contributed by atoms with Crippen molar-refractivity contribution in [3.63, 3.8) is 0 Å². The smallest absolute Gasteiger partial charge is 0.180 e. The summed E-state index contributed by atoms with van der Waals surface area (Å²) < 4.78 is 4.19. The number of benzene rings is 2. The van der Waals surface area contributed by atoms with Crippen molar-refractivity contribution in [3.8, 4) is 33.8 Å². The highest BCUT2D eigenvalue weighted by molar-refractivity contribution is 5.84. The Kier molecular flexibility index (Phi) is 5.95. The minimum absolute atomic E-state index is 0.623. The fraction of sp³-hybridized carbons (Fsp3) is 0.300. The van der Waals surface area contributed by atoms with Crippen LogP contribution in [0.25, 0.3) is 44.9 Å². The van der Waals surface area contributed by atoms with Crippen molar-refractivity contribution >= 4 is 11.2 Å². The fourth-order valence-electron chi connectivity index (χ4n) is 5.36. The van der Waals surface area contributed by atoms with Crippen molar-refractivity contribution in [3.05, 3.63) is 77.4 Å². The standard InChI is InChI=1S/C30H30N10/c1-4-27-32-28-18(2)13-19(3)31-30(28)40(27)16-21-7-9-22(10-8-21)25-14-23(11-12-24(25)29-34-36-37-35-29)26-17-39(38-33-26)15-20-5-6-20/h7-14,17,20H,4-6,15-16H2,1-3H3,(H,34,35,36,37). The molecule has 1 fully saturated rings. The number of aromatic amines is 1. The van der Waals surface area contributed by atoms with Gasteiger partial charge in [-0.15, -0.1) is 10.2 Å². The van der Waals surface area contributed by atoms with E-state index in [1.165, 1.54) is 18.4 Å². The third kappa shape index (κ3) is 4.55. The first kappa shape index (κ1) is 24.3. The number of rotatable bonds is 8. The Balaban J connectivity index is 1.24. The number of nitrogens with zero attached hydrogens (tertiary/aromatic N) is 9. The van der Waals surface area contributed by atoms with E-state index in [-0.39, 0.29) is 0 Å². The number of hydrogen-bond acceptors (Lipinski definition) is 7. The summed E-state index contributed by atoms with van der Waals surface area (Å²) in [6, 6.07) is 17.0. The SMILES string of the molecule is CCc1nc2c(C)cc(C)nc2n1Cc1ccc(-c2cc(-c3cn(CC4CC4)nn3)ccc2-c2nnn[nH]2)cc1. The first-order valence-corrected chi connectivity index (χ1v) is 13.8. The predicted octanol–water partition coefficient (Wildman–Crippen LogP) is 5.17. The zero-order valence-electron chi connectivity index (χ0n) is 22.8. The van der Waals surface area contributed by atoms with E-state index in [4.69, 9.17) is 9.97 Å². The topological polar surface area (TPSA) is 116 Å².